The van der Waals surface area contributed by atoms with E-state index in [1.165, 1.54) is 7.11 Å². The van der Waals surface area contributed by atoms with Crippen LogP contribution in [0.5, 0.6) is 5.75 Å². The Labute approximate surface area is 122 Å². The summed E-state index contributed by atoms with van der Waals surface area (Å²) in [5, 5.41) is 11.8. The van der Waals surface area contributed by atoms with Crippen molar-refractivity contribution in [2.24, 2.45) is 0 Å². The van der Waals surface area contributed by atoms with Gasteiger partial charge < -0.3 is 9.84 Å². The first-order valence-corrected chi connectivity index (χ1v) is 6.54. The van der Waals surface area contributed by atoms with Gasteiger partial charge in [-0.25, -0.2) is 0 Å². The van der Waals surface area contributed by atoms with E-state index in [1.807, 2.05) is 12.1 Å². The number of aliphatic hydroxyl groups is 1. The van der Waals surface area contributed by atoms with Gasteiger partial charge in [0.25, 0.3) is 0 Å². The summed E-state index contributed by atoms with van der Waals surface area (Å²) in [6, 6.07) is 12.4. The van der Waals surface area contributed by atoms with Crippen LogP contribution in [-0.4, -0.2) is 12.2 Å². The van der Waals surface area contributed by atoms with Crippen molar-refractivity contribution >= 4 is 23.2 Å². The molecule has 2 aromatic carbocycles. The molecule has 0 bridgehead atoms. The van der Waals surface area contributed by atoms with E-state index in [4.69, 9.17) is 27.9 Å². The molecule has 1 unspecified atom stereocenters. The van der Waals surface area contributed by atoms with Crippen molar-refractivity contribution in [3.63, 3.8) is 0 Å². The Morgan fingerprint density at radius 1 is 1.05 bits per heavy atom. The Bertz CT molecular complexity index is 594. The number of halogens is 2. The average Bonchev–Trinajstić information content (AvgIpc) is 2.39. The van der Waals surface area contributed by atoms with Gasteiger partial charge in [0.1, 0.15) is 11.4 Å². The zero-order chi connectivity index (χ0) is 14.0. The second kappa shape index (κ2) is 5.41. The van der Waals surface area contributed by atoms with Crippen molar-refractivity contribution in [2.75, 3.05) is 7.11 Å². The van der Waals surface area contributed by atoms with Crippen LogP contribution in [-0.2, 0) is 5.60 Å². The van der Waals surface area contributed by atoms with Crippen molar-refractivity contribution in [3.05, 3.63) is 63.6 Å². The molecule has 4 heteroatoms. The van der Waals surface area contributed by atoms with Crippen LogP contribution in [0.4, 0.5) is 0 Å². The maximum atomic E-state index is 10.8. The largest absolute Gasteiger partial charge is 0.495 e. The molecule has 0 aromatic heterocycles. The Morgan fingerprint density at radius 3 is 2.37 bits per heavy atom. The second-order valence-corrected chi connectivity index (χ2v) is 5.22. The molecule has 0 aliphatic rings. The second-order valence-electron chi connectivity index (χ2n) is 4.40. The first kappa shape index (κ1) is 14.2. The molecule has 0 aliphatic carbocycles. The Morgan fingerprint density at radius 2 is 1.74 bits per heavy atom. The number of ether oxygens (including phenoxy) is 1. The smallest absolute Gasteiger partial charge is 0.137 e. The Kier molecular flexibility index (Phi) is 4.04. The van der Waals surface area contributed by atoms with E-state index in [0.29, 0.717) is 26.9 Å². The summed E-state index contributed by atoms with van der Waals surface area (Å²) >= 11 is 12.1. The maximum absolute atomic E-state index is 10.8. The number of rotatable bonds is 3. The summed E-state index contributed by atoms with van der Waals surface area (Å²) < 4.78 is 5.17. The minimum Gasteiger partial charge on any atom is -0.495 e. The van der Waals surface area contributed by atoms with Gasteiger partial charge in [-0.15, -0.1) is 0 Å². The topological polar surface area (TPSA) is 29.5 Å². The molecule has 0 heterocycles. The van der Waals surface area contributed by atoms with E-state index in [-0.39, 0.29) is 0 Å². The first-order chi connectivity index (χ1) is 8.96. The highest BCUT2D eigenvalue weighted by molar-refractivity contribution is 6.32. The van der Waals surface area contributed by atoms with Crippen LogP contribution < -0.4 is 4.74 Å². The third kappa shape index (κ3) is 2.71. The molecule has 0 radical (unpaired) electrons. The van der Waals surface area contributed by atoms with E-state index in [0.717, 1.165) is 0 Å². The predicted molar refractivity (Wildman–Crippen MR) is 78.1 cm³/mol. The molecule has 2 nitrogen and oxygen atoms in total. The van der Waals surface area contributed by atoms with Gasteiger partial charge in [0.05, 0.1) is 12.1 Å². The van der Waals surface area contributed by atoms with Crippen LogP contribution in [0.2, 0.25) is 10.0 Å². The molecule has 0 aliphatic heterocycles. The highest BCUT2D eigenvalue weighted by atomic mass is 35.5. The zero-order valence-electron chi connectivity index (χ0n) is 10.7. The lowest BCUT2D eigenvalue weighted by molar-refractivity contribution is 0.102. The Hall–Kier alpha value is -1.22. The van der Waals surface area contributed by atoms with Gasteiger partial charge in [0.15, 0.2) is 0 Å². The van der Waals surface area contributed by atoms with Crippen LogP contribution in [0, 0.1) is 0 Å². The predicted octanol–water partition coefficient (Wildman–Crippen LogP) is 4.26. The van der Waals surface area contributed by atoms with Gasteiger partial charge in [0, 0.05) is 10.6 Å². The van der Waals surface area contributed by atoms with Crippen molar-refractivity contribution in [1.82, 2.24) is 0 Å². The summed E-state index contributed by atoms with van der Waals surface area (Å²) in [6.45, 7) is 1.69. The normalized spacial score (nSPS) is 13.9. The molecule has 0 fully saturated rings. The zero-order valence-corrected chi connectivity index (χ0v) is 12.2. The van der Waals surface area contributed by atoms with Crippen molar-refractivity contribution in [1.29, 1.82) is 0 Å². The van der Waals surface area contributed by atoms with Crippen LogP contribution in [0.15, 0.2) is 42.5 Å². The molecular formula is C15H14Cl2O2. The molecule has 0 amide bonds. The van der Waals surface area contributed by atoms with E-state index in [1.54, 1.807) is 37.3 Å². The molecule has 0 saturated carbocycles. The third-order valence-corrected chi connectivity index (χ3v) is 3.75. The molecule has 1 atom stereocenters. The third-order valence-electron chi connectivity index (χ3n) is 3.11. The molecule has 100 valence electrons. The fourth-order valence-corrected chi connectivity index (χ4v) is 2.49. The van der Waals surface area contributed by atoms with E-state index in [2.05, 4.69) is 0 Å². The molecule has 2 aromatic rings. The lowest BCUT2D eigenvalue weighted by atomic mass is 9.88. The fourth-order valence-electron chi connectivity index (χ4n) is 1.97. The summed E-state index contributed by atoms with van der Waals surface area (Å²) in [7, 11) is 1.54. The first-order valence-electron chi connectivity index (χ1n) is 5.78. The number of hydrogen-bond acceptors (Lipinski definition) is 2. The highest BCUT2D eigenvalue weighted by Gasteiger charge is 2.28. The van der Waals surface area contributed by atoms with Gasteiger partial charge in [-0.1, -0.05) is 47.5 Å². The van der Waals surface area contributed by atoms with Gasteiger partial charge in [-0.3, -0.25) is 0 Å². The van der Waals surface area contributed by atoms with E-state index >= 15 is 0 Å². The molecule has 1 N–H and O–H groups in total. The summed E-state index contributed by atoms with van der Waals surface area (Å²) in [4.78, 5) is 0. The van der Waals surface area contributed by atoms with E-state index < -0.39 is 5.60 Å². The lowest BCUT2D eigenvalue weighted by Gasteiger charge is -2.26. The van der Waals surface area contributed by atoms with Crippen molar-refractivity contribution in [3.8, 4) is 5.75 Å². The SMILES string of the molecule is COc1cc(C(C)(O)c2ccccc2Cl)ccc1Cl. The molecule has 2 rings (SSSR count). The number of methoxy groups -OCH3 is 1. The monoisotopic (exact) mass is 296 g/mol. The summed E-state index contributed by atoms with van der Waals surface area (Å²) in [6.07, 6.45) is 0. The lowest BCUT2D eigenvalue weighted by Crippen LogP contribution is -2.23. The van der Waals surface area contributed by atoms with Gasteiger partial charge in [0.2, 0.25) is 0 Å². The molecule has 0 saturated heterocycles. The number of hydrogen-bond donors (Lipinski definition) is 1. The van der Waals surface area contributed by atoms with Gasteiger partial charge in [-0.05, 0) is 30.7 Å². The highest BCUT2D eigenvalue weighted by Crippen LogP contribution is 2.37. The summed E-state index contributed by atoms with van der Waals surface area (Å²) in [5.74, 6) is 0.520. The van der Waals surface area contributed by atoms with Gasteiger partial charge in [-0.2, -0.15) is 0 Å². The van der Waals surface area contributed by atoms with Crippen molar-refractivity contribution < 1.29 is 9.84 Å². The van der Waals surface area contributed by atoms with Gasteiger partial charge >= 0.3 is 0 Å². The minimum atomic E-state index is -1.21. The summed E-state index contributed by atoms with van der Waals surface area (Å²) in [5.41, 5.74) is 0.0961. The average molecular weight is 297 g/mol. The maximum Gasteiger partial charge on any atom is 0.137 e. The fraction of sp³-hybridized carbons (Fsp3) is 0.200. The molecule has 19 heavy (non-hydrogen) atoms. The molecule has 0 spiro atoms. The molecular weight excluding hydrogens is 283 g/mol. The Balaban J connectivity index is 2.53. The standard InChI is InChI=1S/C15H14Cl2O2/c1-15(18,11-5-3-4-6-12(11)16)10-7-8-13(17)14(9-10)19-2/h3-9,18H,1-2H3. The van der Waals surface area contributed by atoms with Crippen LogP contribution >= 0.6 is 23.2 Å². The van der Waals surface area contributed by atoms with E-state index in [9.17, 15) is 5.11 Å². The van der Waals surface area contributed by atoms with Crippen LogP contribution in [0.1, 0.15) is 18.1 Å². The number of benzene rings is 2. The van der Waals surface area contributed by atoms with Crippen molar-refractivity contribution in [2.45, 2.75) is 12.5 Å². The van der Waals surface area contributed by atoms with Crippen LogP contribution in [0.3, 0.4) is 0 Å². The quantitative estimate of drug-likeness (QED) is 0.917. The van der Waals surface area contributed by atoms with Crippen LogP contribution in [0.25, 0.3) is 0 Å². The minimum absolute atomic E-state index is 0.501.